The summed E-state index contributed by atoms with van der Waals surface area (Å²) in [5.74, 6) is -0.122. The largest absolute Gasteiger partial charge is 0.477 e. The monoisotopic (exact) mass is 258 g/mol. The molecule has 1 saturated carbocycles. The summed E-state index contributed by atoms with van der Waals surface area (Å²) in [6, 6.07) is 10.3. The lowest BCUT2D eigenvalue weighted by molar-refractivity contribution is 0.0703. The number of rotatable bonds is 3. The van der Waals surface area contributed by atoms with E-state index in [1.54, 1.807) is 0 Å². The van der Waals surface area contributed by atoms with Crippen molar-refractivity contribution in [3.63, 3.8) is 0 Å². The zero-order chi connectivity index (χ0) is 12.5. The van der Waals surface area contributed by atoms with E-state index < -0.39 is 5.97 Å². The average molecular weight is 258 g/mol. The van der Waals surface area contributed by atoms with Crippen molar-refractivity contribution in [1.29, 1.82) is 0 Å². The van der Waals surface area contributed by atoms with E-state index in [-0.39, 0.29) is 0 Å². The van der Waals surface area contributed by atoms with Gasteiger partial charge in [-0.3, -0.25) is 0 Å². The van der Waals surface area contributed by atoms with Crippen LogP contribution in [0.4, 0.5) is 0 Å². The average Bonchev–Trinajstić information content (AvgIpc) is 2.76. The van der Waals surface area contributed by atoms with Gasteiger partial charge in [-0.15, -0.1) is 11.3 Å². The zero-order valence-electron chi connectivity index (χ0n) is 9.93. The van der Waals surface area contributed by atoms with Gasteiger partial charge in [-0.1, -0.05) is 30.7 Å². The fraction of sp³-hybridized carbons (Fsp3) is 0.267. The molecule has 0 spiro atoms. The van der Waals surface area contributed by atoms with Gasteiger partial charge in [0.25, 0.3) is 0 Å². The number of aromatic carboxylic acids is 1. The van der Waals surface area contributed by atoms with Gasteiger partial charge in [-0.2, -0.15) is 0 Å². The molecule has 0 unspecified atom stereocenters. The van der Waals surface area contributed by atoms with E-state index in [1.807, 2.05) is 23.6 Å². The summed E-state index contributed by atoms with van der Waals surface area (Å²) in [4.78, 5) is 11.5. The van der Waals surface area contributed by atoms with Crippen molar-refractivity contribution in [1.82, 2.24) is 0 Å². The van der Waals surface area contributed by atoms with Gasteiger partial charge in [0.1, 0.15) is 4.88 Å². The van der Waals surface area contributed by atoms with Crippen molar-refractivity contribution in [2.45, 2.75) is 25.2 Å². The van der Waals surface area contributed by atoms with Gasteiger partial charge in [0.05, 0.1) is 0 Å². The van der Waals surface area contributed by atoms with Crippen LogP contribution in [0, 0.1) is 0 Å². The molecule has 2 nitrogen and oxygen atoms in total. The molecule has 0 radical (unpaired) electrons. The summed E-state index contributed by atoms with van der Waals surface area (Å²) in [7, 11) is 0. The maximum absolute atomic E-state index is 11.1. The second-order valence-electron chi connectivity index (χ2n) is 4.72. The molecule has 3 heteroatoms. The third-order valence-corrected chi connectivity index (χ3v) is 4.56. The Bertz CT molecular complexity index is 564. The van der Waals surface area contributed by atoms with Crippen LogP contribution in [0.15, 0.2) is 35.7 Å². The highest BCUT2D eigenvalue weighted by Crippen LogP contribution is 2.37. The SMILES string of the molecule is O=C(O)c1sccc1-c1ccc(C2CCC2)cc1. The highest BCUT2D eigenvalue weighted by molar-refractivity contribution is 7.12. The summed E-state index contributed by atoms with van der Waals surface area (Å²) in [5.41, 5.74) is 3.21. The number of carboxylic acid groups (broad SMARTS) is 1. The molecule has 1 heterocycles. The Morgan fingerprint density at radius 1 is 1.17 bits per heavy atom. The normalized spacial score (nSPS) is 15.3. The van der Waals surface area contributed by atoms with E-state index in [1.165, 1.54) is 36.2 Å². The van der Waals surface area contributed by atoms with Crippen molar-refractivity contribution in [3.8, 4) is 11.1 Å². The maximum atomic E-state index is 11.1. The Labute approximate surface area is 110 Å². The smallest absolute Gasteiger partial charge is 0.346 e. The van der Waals surface area contributed by atoms with Crippen LogP contribution in [0.25, 0.3) is 11.1 Å². The molecule has 1 aromatic heterocycles. The molecule has 1 fully saturated rings. The van der Waals surface area contributed by atoms with Crippen molar-refractivity contribution in [3.05, 3.63) is 46.2 Å². The molecule has 0 atom stereocenters. The third kappa shape index (κ3) is 1.95. The highest BCUT2D eigenvalue weighted by Gasteiger charge is 2.19. The first-order chi connectivity index (χ1) is 8.75. The molecular weight excluding hydrogens is 244 g/mol. The maximum Gasteiger partial charge on any atom is 0.346 e. The fourth-order valence-electron chi connectivity index (χ4n) is 2.38. The number of thiophene rings is 1. The van der Waals surface area contributed by atoms with E-state index in [0.717, 1.165) is 17.0 Å². The molecule has 1 aromatic carbocycles. The Kier molecular flexibility index (Phi) is 2.92. The standard InChI is InChI=1S/C15H14O2S/c16-15(17)14-13(8-9-18-14)12-6-4-11(5-7-12)10-2-1-3-10/h4-10H,1-3H2,(H,16,17). The van der Waals surface area contributed by atoms with Crippen LogP contribution >= 0.6 is 11.3 Å². The molecule has 92 valence electrons. The third-order valence-electron chi connectivity index (χ3n) is 3.66. The lowest BCUT2D eigenvalue weighted by Crippen LogP contribution is -2.08. The minimum absolute atomic E-state index is 0.423. The van der Waals surface area contributed by atoms with Crippen LogP contribution in [-0.4, -0.2) is 11.1 Å². The van der Waals surface area contributed by atoms with Crippen LogP contribution in [0.1, 0.15) is 40.4 Å². The molecule has 1 aliphatic carbocycles. The van der Waals surface area contributed by atoms with Gasteiger partial charge in [0.2, 0.25) is 0 Å². The summed E-state index contributed by atoms with van der Waals surface area (Å²) < 4.78 is 0. The van der Waals surface area contributed by atoms with Gasteiger partial charge < -0.3 is 5.11 Å². The fourth-order valence-corrected chi connectivity index (χ4v) is 3.13. The number of hydrogen-bond donors (Lipinski definition) is 1. The molecule has 0 aliphatic heterocycles. The van der Waals surface area contributed by atoms with Crippen molar-refractivity contribution in [2.24, 2.45) is 0 Å². The molecule has 18 heavy (non-hydrogen) atoms. The predicted molar refractivity (Wildman–Crippen MR) is 73.3 cm³/mol. The number of carboxylic acids is 1. The van der Waals surface area contributed by atoms with E-state index in [9.17, 15) is 4.79 Å². The van der Waals surface area contributed by atoms with Gasteiger partial charge in [0, 0.05) is 5.56 Å². The lowest BCUT2D eigenvalue weighted by Gasteiger charge is -2.25. The van der Waals surface area contributed by atoms with Crippen molar-refractivity contribution in [2.75, 3.05) is 0 Å². The van der Waals surface area contributed by atoms with Crippen LogP contribution < -0.4 is 0 Å². The predicted octanol–water partition coefficient (Wildman–Crippen LogP) is 4.38. The number of benzene rings is 1. The van der Waals surface area contributed by atoms with Crippen LogP contribution in [0.3, 0.4) is 0 Å². The van der Waals surface area contributed by atoms with Crippen molar-refractivity contribution < 1.29 is 9.90 Å². The van der Waals surface area contributed by atoms with E-state index in [2.05, 4.69) is 12.1 Å². The first kappa shape index (κ1) is 11.5. The first-order valence-corrected chi connectivity index (χ1v) is 7.05. The van der Waals surface area contributed by atoms with Gasteiger partial charge in [0.15, 0.2) is 0 Å². The van der Waals surface area contributed by atoms with Crippen LogP contribution in [0.2, 0.25) is 0 Å². The molecule has 1 aliphatic rings. The molecule has 1 N–H and O–H groups in total. The minimum Gasteiger partial charge on any atom is -0.477 e. The Morgan fingerprint density at radius 3 is 2.44 bits per heavy atom. The minimum atomic E-state index is -0.844. The molecule has 2 aromatic rings. The van der Waals surface area contributed by atoms with Crippen LogP contribution in [0.5, 0.6) is 0 Å². The van der Waals surface area contributed by atoms with Gasteiger partial charge >= 0.3 is 5.97 Å². The molecule has 0 amide bonds. The number of carbonyl (C=O) groups is 1. The second-order valence-corrected chi connectivity index (χ2v) is 5.63. The Morgan fingerprint density at radius 2 is 1.89 bits per heavy atom. The van der Waals surface area contributed by atoms with Crippen molar-refractivity contribution >= 4 is 17.3 Å². The Hall–Kier alpha value is -1.61. The van der Waals surface area contributed by atoms with E-state index in [0.29, 0.717) is 4.88 Å². The van der Waals surface area contributed by atoms with Gasteiger partial charge in [-0.25, -0.2) is 4.79 Å². The topological polar surface area (TPSA) is 37.3 Å². The summed E-state index contributed by atoms with van der Waals surface area (Å²) in [5, 5.41) is 10.9. The summed E-state index contributed by atoms with van der Waals surface area (Å²) in [6.07, 6.45) is 3.91. The second kappa shape index (κ2) is 4.58. The number of hydrogen-bond acceptors (Lipinski definition) is 2. The quantitative estimate of drug-likeness (QED) is 0.887. The molecule has 0 bridgehead atoms. The summed E-state index contributed by atoms with van der Waals surface area (Å²) >= 11 is 1.28. The zero-order valence-corrected chi connectivity index (χ0v) is 10.7. The highest BCUT2D eigenvalue weighted by atomic mass is 32.1. The van der Waals surface area contributed by atoms with E-state index >= 15 is 0 Å². The Balaban J connectivity index is 1.92. The molecule has 3 rings (SSSR count). The van der Waals surface area contributed by atoms with E-state index in [4.69, 9.17) is 5.11 Å². The summed E-state index contributed by atoms with van der Waals surface area (Å²) in [6.45, 7) is 0. The molecule has 0 saturated heterocycles. The van der Waals surface area contributed by atoms with Crippen LogP contribution in [-0.2, 0) is 0 Å². The van der Waals surface area contributed by atoms with Gasteiger partial charge in [-0.05, 0) is 41.3 Å². The first-order valence-electron chi connectivity index (χ1n) is 6.17. The molecular formula is C15H14O2S. The lowest BCUT2D eigenvalue weighted by atomic mass is 9.80.